The van der Waals surface area contributed by atoms with Gasteiger partial charge in [-0.25, -0.2) is 4.68 Å². The number of rotatable bonds is 3. The standard InChI is InChI=1S/C11H13N5O3/c1-6-7(2)13-14-11(6)12-9(18)5-16-10(19)4-3-8(17)15-16/h3-4H,5H2,1-2H3,(H,15,17)(H2,12,13,14,18). The molecule has 0 bridgehead atoms. The molecule has 0 aromatic carbocycles. The molecule has 0 aliphatic carbocycles. The maximum atomic E-state index is 11.8. The number of H-pyrrole nitrogens is 2. The molecule has 8 nitrogen and oxygen atoms in total. The van der Waals surface area contributed by atoms with E-state index < -0.39 is 17.0 Å². The van der Waals surface area contributed by atoms with E-state index in [-0.39, 0.29) is 6.54 Å². The van der Waals surface area contributed by atoms with E-state index in [1.54, 1.807) is 0 Å². The third-order valence-electron chi connectivity index (χ3n) is 2.70. The summed E-state index contributed by atoms with van der Waals surface area (Å²) in [5.74, 6) is -0.0348. The Morgan fingerprint density at radius 3 is 2.74 bits per heavy atom. The number of anilines is 1. The molecule has 0 aliphatic rings. The minimum Gasteiger partial charge on any atom is -0.307 e. The Balaban J connectivity index is 2.14. The number of nitrogens with zero attached hydrogens (tertiary/aromatic N) is 2. The lowest BCUT2D eigenvalue weighted by Gasteiger charge is -2.05. The summed E-state index contributed by atoms with van der Waals surface area (Å²) in [4.78, 5) is 34.3. The van der Waals surface area contributed by atoms with Crippen LogP contribution >= 0.6 is 0 Å². The van der Waals surface area contributed by atoms with Crippen LogP contribution in [0.15, 0.2) is 21.7 Å². The zero-order valence-electron chi connectivity index (χ0n) is 10.5. The summed E-state index contributed by atoms with van der Waals surface area (Å²) in [5.41, 5.74) is 0.770. The summed E-state index contributed by atoms with van der Waals surface area (Å²) < 4.78 is 0.937. The average molecular weight is 263 g/mol. The van der Waals surface area contributed by atoms with Gasteiger partial charge in [0, 0.05) is 23.4 Å². The molecule has 8 heteroatoms. The van der Waals surface area contributed by atoms with Crippen molar-refractivity contribution in [3.8, 4) is 0 Å². The average Bonchev–Trinajstić information content (AvgIpc) is 2.66. The van der Waals surface area contributed by atoms with Crippen LogP contribution in [-0.2, 0) is 11.3 Å². The Bertz CT molecular complexity index is 724. The van der Waals surface area contributed by atoms with Gasteiger partial charge in [-0.2, -0.15) is 5.10 Å². The van der Waals surface area contributed by atoms with Crippen LogP contribution in [0.5, 0.6) is 0 Å². The van der Waals surface area contributed by atoms with E-state index in [1.165, 1.54) is 0 Å². The number of aromatic amines is 2. The van der Waals surface area contributed by atoms with E-state index in [2.05, 4.69) is 20.6 Å². The fraction of sp³-hybridized carbons (Fsp3) is 0.273. The van der Waals surface area contributed by atoms with E-state index >= 15 is 0 Å². The molecule has 0 unspecified atom stereocenters. The van der Waals surface area contributed by atoms with Crippen LogP contribution in [0.25, 0.3) is 0 Å². The zero-order valence-corrected chi connectivity index (χ0v) is 10.5. The van der Waals surface area contributed by atoms with Gasteiger partial charge in [-0.1, -0.05) is 0 Å². The van der Waals surface area contributed by atoms with Gasteiger partial charge in [0.15, 0.2) is 5.82 Å². The van der Waals surface area contributed by atoms with Gasteiger partial charge in [0.05, 0.1) is 0 Å². The largest absolute Gasteiger partial charge is 0.307 e. The smallest absolute Gasteiger partial charge is 0.265 e. The molecule has 0 atom stereocenters. The summed E-state index contributed by atoms with van der Waals surface area (Å²) in [5, 5.41) is 11.5. The number of hydrogen-bond acceptors (Lipinski definition) is 4. The number of aryl methyl sites for hydroxylation is 1. The molecular formula is C11H13N5O3. The Hall–Kier alpha value is -2.64. The van der Waals surface area contributed by atoms with Crippen LogP contribution in [0.4, 0.5) is 5.82 Å². The third-order valence-corrected chi connectivity index (χ3v) is 2.70. The maximum Gasteiger partial charge on any atom is 0.265 e. The van der Waals surface area contributed by atoms with Crippen molar-refractivity contribution in [3.05, 3.63) is 44.1 Å². The van der Waals surface area contributed by atoms with Crippen LogP contribution in [0.1, 0.15) is 11.3 Å². The molecule has 0 spiro atoms. The third kappa shape index (κ3) is 2.79. The molecule has 2 aromatic heterocycles. The molecule has 2 heterocycles. The van der Waals surface area contributed by atoms with E-state index in [1.807, 2.05) is 13.8 Å². The van der Waals surface area contributed by atoms with Crippen molar-refractivity contribution >= 4 is 11.7 Å². The highest BCUT2D eigenvalue weighted by atomic mass is 16.2. The summed E-state index contributed by atoms with van der Waals surface area (Å²) in [6.07, 6.45) is 0. The van der Waals surface area contributed by atoms with E-state index in [0.717, 1.165) is 28.1 Å². The predicted molar refractivity (Wildman–Crippen MR) is 68.0 cm³/mol. The van der Waals surface area contributed by atoms with Gasteiger partial charge >= 0.3 is 0 Å². The van der Waals surface area contributed by atoms with Crippen LogP contribution in [0, 0.1) is 13.8 Å². The number of hydrogen-bond donors (Lipinski definition) is 3. The fourth-order valence-electron chi connectivity index (χ4n) is 1.50. The van der Waals surface area contributed by atoms with Gasteiger partial charge in [-0.3, -0.25) is 24.6 Å². The molecule has 0 radical (unpaired) electrons. The van der Waals surface area contributed by atoms with Crippen LogP contribution in [0.3, 0.4) is 0 Å². The van der Waals surface area contributed by atoms with Crippen molar-refractivity contribution in [1.29, 1.82) is 0 Å². The molecule has 3 N–H and O–H groups in total. The van der Waals surface area contributed by atoms with E-state index in [0.29, 0.717) is 5.82 Å². The summed E-state index contributed by atoms with van der Waals surface area (Å²) in [7, 11) is 0. The first kappa shape index (κ1) is 12.8. The summed E-state index contributed by atoms with van der Waals surface area (Å²) in [6.45, 7) is 3.36. The highest BCUT2D eigenvalue weighted by molar-refractivity contribution is 5.90. The number of amides is 1. The van der Waals surface area contributed by atoms with E-state index in [4.69, 9.17) is 0 Å². The molecular weight excluding hydrogens is 250 g/mol. The second-order valence-corrected chi connectivity index (χ2v) is 4.10. The number of carbonyl (C=O) groups excluding carboxylic acids is 1. The molecule has 0 fully saturated rings. The van der Waals surface area contributed by atoms with E-state index in [9.17, 15) is 14.4 Å². The molecule has 2 aromatic rings. The first-order chi connectivity index (χ1) is 8.97. The fourth-order valence-corrected chi connectivity index (χ4v) is 1.50. The molecule has 0 aliphatic heterocycles. The lowest BCUT2D eigenvalue weighted by molar-refractivity contribution is -0.117. The second-order valence-electron chi connectivity index (χ2n) is 4.10. The quantitative estimate of drug-likeness (QED) is 0.693. The SMILES string of the molecule is Cc1[nH]nc(NC(=O)Cn2[nH]c(=O)ccc2=O)c1C. The molecule has 19 heavy (non-hydrogen) atoms. The Morgan fingerprint density at radius 2 is 2.11 bits per heavy atom. The highest BCUT2D eigenvalue weighted by Crippen LogP contribution is 2.13. The highest BCUT2D eigenvalue weighted by Gasteiger charge is 2.10. The van der Waals surface area contributed by atoms with Crippen molar-refractivity contribution < 1.29 is 4.79 Å². The Morgan fingerprint density at radius 1 is 1.37 bits per heavy atom. The molecule has 1 amide bonds. The maximum absolute atomic E-state index is 11.8. The minimum absolute atomic E-state index is 0.278. The monoisotopic (exact) mass is 263 g/mol. The second kappa shape index (κ2) is 4.92. The number of carbonyl (C=O) groups is 1. The molecule has 2 rings (SSSR count). The van der Waals surface area contributed by atoms with Gasteiger partial charge in [0.25, 0.3) is 11.1 Å². The summed E-state index contributed by atoms with van der Waals surface area (Å²) in [6, 6.07) is 2.22. The minimum atomic E-state index is -0.454. The lowest BCUT2D eigenvalue weighted by Crippen LogP contribution is -2.33. The van der Waals surface area contributed by atoms with Crippen molar-refractivity contribution in [2.24, 2.45) is 0 Å². The topological polar surface area (TPSA) is 113 Å². The molecule has 0 saturated heterocycles. The van der Waals surface area contributed by atoms with Gasteiger partial charge in [-0.15, -0.1) is 0 Å². The molecule has 100 valence electrons. The van der Waals surface area contributed by atoms with Crippen LogP contribution in [0.2, 0.25) is 0 Å². The van der Waals surface area contributed by atoms with Gasteiger partial charge < -0.3 is 5.32 Å². The van der Waals surface area contributed by atoms with Crippen LogP contribution in [-0.4, -0.2) is 25.9 Å². The van der Waals surface area contributed by atoms with Crippen molar-refractivity contribution in [2.45, 2.75) is 20.4 Å². The Kier molecular flexibility index (Phi) is 3.32. The predicted octanol–water partition coefficient (Wildman–Crippen LogP) is -0.485. The zero-order chi connectivity index (χ0) is 14.0. The van der Waals surface area contributed by atoms with Gasteiger partial charge in [0.2, 0.25) is 5.91 Å². The lowest BCUT2D eigenvalue weighted by atomic mass is 10.3. The Labute approximate surface area is 107 Å². The van der Waals surface area contributed by atoms with Gasteiger partial charge in [-0.05, 0) is 13.8 Å². The van der Waals surface area contributed by atoms with Crippen LogP contribution < -0.4 is 16.4 Å². The van der Waals surface area contributed by atoms with Crippen molar-refractivity contribution in [3.63, 3.8) is 0 Å². The first-order valence-corrected chi connectivity index (χ1v) is 5.59. The van der Waals surface area contributed by atoms with Crippen molar-refractivity contribution in [2.75, 3.05) is 5.32 Å². The number of nitrogens with one attached hydrogen (secondary N) is 3. The normalized spacial score (nSPS) is 10.4. The van der Waals surface area contributed by atoms with Crippen molar-refractivity contribution in [1.82, 2.24) is 20.0 Å². The van der Waals surface area contributed by atoms with Gasteiger partial charge in [0.1, 0.15) is 6.54 Å². The summed E-state index contributed by atoms with van der Waals surface area (Å²) >= 11 is 0. The number of aromatic nitrogens is 4. The first-order valence-electron chi connectivity index (χ1n) is 5.59. The molecule has 0 saturated carbocycles.